The summed E-state index contributed by atoms with van der Waals surface area (Å²) in [5.41, 5.74) is 0.984. The van der Waals surface area contributed by atoms with E-state index in [2.05, 4.69) is 10.3 Å². The van der Waals surface area contributed by atoms with Crippen LogP contribution in [0.15, 0.2) is 6.20 Å². The minimum atomic E-state index is 0.573. The van der Waals surface area contributed by atoms with Crippen molar-refractivity contribution < 1.29 is 4.74 Å². The molecule has 0 saturated heterocycles. The zero-order chi connectivity index (χ0) is 6.69. The Bertz CT molecular complexity index is 184. The lowest BCUT2D eigenvalue weighted by molar-refractivity contribution is 0.178. The molecule has 0 aliphatic rings. The maximum atomic E-state index is 4.87. The highest BCUT2D eigenvalue weighted by Gasteiger charge is 1.95. The van der Waals surface area contributed by atoms with Crippen LogP contribution in [0.5, 0.6) is 0 Å². The molecule has 1 aromatic heterocycles. The van der Waals surface area contributed by atoms with Crippen molar-refractivity contribution in [3.8, 4) is 0 Å². The quantitative estimate of drug-likeness (QED) is 0.559. The number of hydrogen-bond acceptors (Lipinski definition) is 3. The van der Waals surface area contributed by atoms with Gasteiger partial charge in [-0.15, -0.1) is 5.10 Å². The standard InChI is InChI=1S/C5H9N3O/c1-8-5(4-9-2)3-6-7-8/h3H,4H2,1-2H3. The third-order valence-corrected chi connectivity index (χ3v) is 1.10. The highest BCUT2D eigenvalue weighted by molar-refractivity contribution is 4.89. The SMILES string of the molecule is COCc1cnnn1C. The molecule has 0 fully saturated rings. The molecule has 0 unspecified atom stereocenters. The first-order valence-electron chi connectivity index (χ1n) is 2.67. The Kier molecular flexibility index (Phi) is 1.79. The normalized spacial score (nSPS) is 10.0. The van der Waals surface area contributed by atoms with E-state index < -0.39 is 0 Å². The Morgan fingerprint density at radius 1 is 1.78 bits per heavy atom. The Balaban J connectivity index is 2.69. The van der Waals surface area contributed by atoms with Gasteiger partial charge in [0, 0.05) is 14.2 Å². The fraction of sp³-hybridized carbons (Fsp3) is 0.600. The van der Waals surface area contributed by atoms with Gasteiger partial charge in [-0.1, -0.05) is 5.21 Å². The Hall–Kier alpha value is -0.900. The van der Waals surface area contributed by atoms with Gasteiger partial charge in [0.05, 0.1) is 18.5 Å². The van der Waals surface area contributed by atoms with E-state index in [1.54, 1.807) is 18.0 Å². The van der Waals surface area contributed by atoms with E-state index in [4.69, 9.17) is 4.74 Å². The van der Waals surface area contributed by atoms with Crippen LogP contribution in [0.2, 0.25) is 0 Å². The molecule has 0 radical (unpaired) electrons. The summed E-state index contributed by atoms with van der Waals surface area (Å²) >= 11 is 0. The second kappa shape index (κ2) is 2.59. The zero-order valence-electron chi connectivity index (χ0n) is 5.53. The fourth-order valence-electron chi connectivity index (χ4n) is 0.589. The topological polar surface area (TPSA) is 39.9 Å². The van der Waals surface area contributed by atoms with Gasteiger partial charge in [0.25, 0.3) is 0 Å². The molecule has 0 amide bonds. The van der Waals surface area contributed by atoms with E-state index in [0.29, 0.717) is 6.61 Å². The Morgan fingerprint density at radius 2 is 2.56 bits per heavy atom. The number of aromatic nitrogens is 3. The first kappa shape index (κ1) is 6.22. The van der Waals surface area contributed by atoms with Crippen molar-refractivity contribution in [3.05, 3.63) is 11.9 Å². The molecule has 0 spiro atoms. The molecular formula is C5H9N3O. The molecule has 1 aromatic rings. The van der Waals surface area contributed by atoms with E-state index in [1.165, 1.54) is 0 Å². The first-order chi connectivity index (χ1) is 4.34. The van der Waals surface area contributed by atoms with Gasteiger partial charge >= 0.3 is 0 Å². The van der Waals surface area contributed by atoms with Gasteiger partial charge in [-0.2, -0.15) is 0 Å². The molecule has 0 N–H and O–H groups in total. The van der Waals surface area contributed by atoms with E-state index >= 15 is 0 Å². The summed E-state index contributed by atoms with van der Waals surface area (Å²) in [6, 6.07) is 0. The van der Waals surface area contributed by atoms with Gasteiger partial charge in [0.2, 0.25) is 0 Å². The lowest BCUT2D eigenvalue weighted by Crippen LogP contribution is -1.98. The summed E-state index contributed by atoms with van der Waals surface area (Å²) < 4.78 is 6.55. The third kappa shape index (κ3) is 1.26. The second-order valence-electron chi connectivity index (χ2n) is 1.78. The lowest BCUT2D eigenvalue weighted by Gasteiger charge is -1.95. The second-order valence-corrected chi connectivity index (χ2v) is 1.78. The molecule has 0 atom stereocenters. The molecule has 1 heterocycles. The van der Waals surface area contributed by atoms with Crippen LogP contribution in [0.1, 0.15) is 5.69 Å². The Labute approximate surface area is 53.4 Å². The van der Waals surface area contributed by atoms with E-state index in [0.717, 1.165) is 5.69 Å². The molecular weight excluding hydrogens is 118 g/mol. The van der Waals surface area contributed by atoms with Crippen molar-refractivity contribution in [1.82, 2.24) is 15.0 Å². The van der Waals surface area contributed by atoms with Crippen LogP contribution in [0.4, 0.5) is 0 Å². The fourth-order valence-corrected chi connectivity index (χ4v) is 0.589. The summed E-state index contributed by atoms with van der Waals surface area (Å²) in [6.45, 7) is 0.573. The van der Waals surface area contributed by atoms with Crippen LogP contribution in [0.3, 0.4) is 0 Å². The van der Waals surface area contributed by atoms with Crippen LogP contribution in [0.25, 0.3) is 0 Å². The van der Waals surface area contributed by atoms with Gasteiger partial charge in [-0.3, -0.25) is 4.68 Å². The summed E-state index contributed by atoms with van der Waals surface area (Å²) in [6.07, 6.45) is 1.68. The molecule has 1 rings (SSSR count). The smallest absolute Gasteiger partial charge is 0.0897 e. The zero-order valence-corrected chi connectivity index (χ0v) is 5.53. The van der Waals surface area contributed by atoms with Gasteiger partial charge in [-0.25, -0.2) is 0 Å². The molecule has 4 nitrogen and oxygen atoms in total. The highest BCUT2D eigenvalue weighted by Crippen LogP contribution is 1.93. The molecule has 9 heavy (non-hydrogen) atoms. The number of methoxy groups -OCH3 is 1. The summed E-state index contributed by atoms with van der Waals surface area (Å²) in [5.74, 6) is 0. The highest BCUT2D eigenvalue weighted by atomic mass is 16.5. The number of hydrogen-bond donors (Lipinski definition) is 0. The van der Waals surface area contributed by atoms with Gasteiger partial charge in [-0.05, 0) is 0 Å². The van der Waals surface area contributed by atoms with Crippen molar-refractivity contribution in [1.29, 1.82) is 0 Å². The molecule has 0 bridgehead atoms. The largest absolute Gasteiger partial charge is 0.378 e. The maximum Gasteiger partial charge on any atom is 0.0897 e. The maximum absolute atomic E-state index is 4.87. The van der Waals surface area contributed by atoms with Crippen LogP contribution < -0.4 is 0 Å². The molecule has 50 valence electrons. The van der Waals surface area contributed by atoms with Gasteiger partial charge in [0.1, 0.15) is 0 Å². The number of rotatable bonds is 2. The molecule has 0 saturated carbocycles. The van der Waals surface area contributed by atoms with E-state index in [1.807, 2.05) is 7.05 Å². The number of nitrogens with zero attached hydrogens (tertiary/aromatic N) is 3. The van der Waals surface area contributed by atoms with E-state index in [-0.39, 0.29) is 0 Å². The summed E-state index contributed by atoms with van der Waals surface area (Å²) in [4.78, 5) is 0. The van der Waals surface area contributed by atoms with Crippen molar-refractivity contribution in [2.24, 2.45) is 7.05 Å². The van der Waals surface area contributed by atoms with Gasteiger partial charge < -0.3 is 4.74 Å². The van der Waals surface area contributed by atoms with Crippen molar-refractivity contribution in [2.75, 3.05) is 7.11 Å². The van der Waals surface area contributed by atoms with Crippen molar-refractivity contribution >= 4 is 0 Å². The minimum Gasteiger partial charge on any atom is -0.378 e. The van der Waals surface area contributed by atoms with Crippen molar-refractivity contribution in [3.63, 3.8) is 0 Å². The Morgan fingerprint density at radius 3 is 3.00 bits per heavy atom. The number of ether oxygens (including phenoxy) is 1. The average Bonchev–Trinajstić information content (AvgIpc) is 2.18. The summed E-state index contributed by atoms with van der Waals surface area (Å²) in [7, 11) is 3.48. The average molecular weight is 127 g/mol. The van der Waals surface area contributed by atoms with E-state index in [9.17, 15) is 0 Å². The lowest BCUT2D eigenvalue weighted by atomic mass is 10.5. The van der Waals surface area contributed by atoms with Crippen LogP contribution in [0, 0.1) is 0 Å². The number of aryl methyl sites for hydroxylation is 1. The van der Waals surface area contributed by atoms with Crippen molar-refractivity contribution in [2.45, 2.75) is 6.61 Å². The monoisotopic (exact) mass is 127 g/mol. The van der Waals surface area contributed by atoms with Crippen LogP contribution in [-0.4, -0.2) is 22.1 Å². The minimum absolute atomic E-state index is 0.573. The molecule has 0 aliphatic carbocycles. The van der Waals surface area contributed by atoms with Gasteiger partial charge in [0.15, 0.2) is 0 Å². The predicted octanol–water partition coefficient (Wildman–Crippen LogP) is -0.0385. The third-order valence-electron chi connectivity index (χ3n) is 1.10. The van der Waals surface area contributed by atoms with Crippen LogP contribution in [-0.2, 0) is 18.4 Å². The van der Waals surface area contributed by atoms with Crippen LogP contribution >= 0.6 is 0 Å². The molecule has 0 aromatic carbocycles. The molecule has 4 heteroatoms. The first-order valence-corrected chi connectivity index (χ1v) is 2.67. The predicted molar refractivity (Wildman–Crippen MR) is 31.7 cm³/mol. The molecule has 0 aliphatic heterocycles. The summed E-state index contributed by atoms with van der Waals surface area (Å²) in [5, 5.41) is 7.40.